The molecule has 8 nitrogen and oxygen atoms in total. The molecule has 1 saturated heterocycles. The Morgan fingerprint density at radius 3 is 2.54 bits per heavy atom. The van der Waals surface area contributed by atoms with Gasteiger partial charge in [0.1, 0.15) is 23.0 Å². The van der Waals surface area contributed by atoms with Gasteiger partial charge in [-0.3, -0.25) is 0 Å². The summed E-state index contributed by atoms with van der Waals surface area (Å²) in [6, 6.07) is 4.42. The third kappa shape index (κ3) is 4.05. The molecular formula is C25H21F4N5O3. The highest BCUT2D eigenvalue weighted by molar-refractivity contribution is 5.66. The average molecular weight is 515 g/mol. The number of aliphatic hydroxyl groups excluding tert-OH is 1. The maximum atomic E-state index is 15.1. The van der Waals surface area contributed by atoms with E-state index in [1.807, 2.05) is 0 Å². The van der Waals surface area contributed by atoms with Crippen LogP contribution in [0.25, 0.3) is 16.8 Å². The first kappa shape index (κ1) is 23.6. The molecule has 37 heavy (non-hydrogen) atoms. The van der Waals surface area contributed by atoms with Gasteiger partial charge < -0.3 is 24.3 Å². The maximum absolute atomic E-state index is 15.1. The van der Waals surface area contributed by atoms with Gasteiger partial charge in [0.2, 0.25) is 5.95 Å². The van der Waals surface area contributed by atoms with Crippen LogP contribution >= 0.6 is 0 Å². The number of aliphatic hydroxyl groups is 2. The van der Waals surface area contributed by atoms with Gasteiger partial charge in [-0.15, -0.1) is 0 Å². The zero-order valence-corrected chi connectivity index (χ0v) is 19.4. The first-order valence-corrected chi connectivity index (χ1v) is 11.5. The number of anilines is 1. The van der Waals surface area contributed by atoms with E-state index < -0.39 is 35.9 Å². The Labute approximate surface area is 207 Å². The van der Waals surface area contributed by atoms with Gasteiger partial charge in [-0.25, -0.2) is 23.7 Å². The summed E-state index contributed by atoms with van der Waals surface area (Å²) in [7, 11) is 0. The highest BCUT2D eigenvalue weighted by atomic mass is 19.3. The van der Waals surface area contributed by atoms with Crippen LogP contribution in [0.4, 0.5) is 23.5 Å². The van der Waals surface area contributed by atoms with Crippen LogP contribution in [-0.4, -0.2) is 54.9 Å². The molecule has 0 bridgehead atoms. The number of aromatic nitrogens is 4. The van der Waals surface area contributed by atoms with Crippen molar-refractivity contribution in [2.45, 2.75) is 37.6 Å². The molecule has 4 aromatic rings. The van der Waals surface area contributed by atoms with Gasteiger partial charge in [0.25, 0.3) is 0 Å². The van der Waals surface area contributed by atoms with E-state index in [0.29, 0.717) is 30.3 Å². The van der Waals surface area contributed by atoms with Crippen molar-refractivity contribution in [3.05, 3.63) is 71.4 Å². The van der Waals surface area contributed by atoms with Crippen LogP contribution in [0, 0.1) is 11.6 Å². The van der Waals surface area contributed by atoms with Crippen LogP contribution < -0.4 is 9.64 Å². The van der Waals surface area contributed by atoms with Crippen molar-refractivity contribution >= 4 is 11.6 Å². The number of β-amino-alcohol motifs (C(OH)–C–C–N with tert-alkyl or cyclic N) is 1. The van der Waals surface area contributed by atoms with Crippen molar-refractivity contribution in [3.8, 4) is 16.9 Å². The molecule has 0 unspecified atom stereocenters. The van der Waals surface area contributed by atoms with E-state index in [9.17, 15) is 23.4 Å². The van der Waals surface area contributed by atoms with E-state index in [2.05, 4.69) is 19.7 Å². The second-order valence-electron chi connectivity index (χ2n) is 9.64. The molecule has 192 valence electrons. The molecule has 0 saturated carbocycles. The molecule has 1 aromatic carbocycles. The molecule has 2 aliphatic rings. The monoisotopic (exact) mass is 515 g/mol. The van der Waals surface area contributed by atoms with Crippen LogP contribution in [-0.2, 0) is 0 Å². The van der Waals surface area contributed by atoms with Gasteiger partial charge in [0.15, 0.2) is 0 Å². The fourth-order valence-electron chi connectivity index (χ4n) is 5.16. The topological polar surface area (TPSA) is 96.0 Å². The molecule has 2 N–H and O–H groups in total. The molecule has 0 amide bonds. The van der Waals surface area contributed by atoms with Gasteiger partial charge in [-0.2, -0.15) is 8.78 Å². The second-order valence-corrected chi connectivity index (χ2v) is 9.64. The number of ether oxygens (including phenoxy) is 1. The smallest absolute Gasteiger partial charge is 0.387 e. The van der Waals surface area contributed by atoms with E-state index in [1.54, 1.807) is 16.2 Å². The number of hydrogen-bond donors (Lipinski definition) is 2. The molecular weight excluding hydrogens is 494 g/mol. The molecule has 0 spiro atoms. The van der Waals surface area contributed by atoms with Gasteiger partial charge in [0, 0.05) is 47.3 Å². The number of hydrogen-bond acceptors (Lipinski definition) is 7. The highest BCUT2D eigenvalue weighted by Gasteiger charge is 2.39. The van der Waals surface area contributed by atoms with Gasteiger partial charge >= 0.3 is 6.61 Å². The highest BCUT2D eigenvalue weighted by Crippen LogP contribution is 2.47. The van der Waals surface area contributed by atoms with Crippen LogP contribution in [0.2, 0.25) is 0 Å². The van der Waals surface area contributed by atoms with E-state index in [1.165, 1.54) is 24.7 Å². The molecule has 1 aliphatic carbocycles. The lowest BCUT2D eigenvalue weighted by molar-refractivity contribution is -0.0506. The number of fused-ring (bicyclic) bond motifs is 3. The van der Waals surface area contributed by atoms with Crippen LogP contribution in [0.5, 0.6) is 5.75 Å². The van der Waals surface area contributed by atoms with E-state index in [0.717, 1.165) is 18.2 Å². The lowest BCUT2D eigenvalue weighted by Crippen LogP contribution is -2.60. The fourth-order valence-corrected chi connectivity index (χ4v) is 5.16. The molecule has 3 aromatic heterocycles. The number of alkyl halides is 2. The number of benzene rings is 1. The van der Waals surface area contributed by atoms with Crippen molar-refractivity contribution in [1.29, 1.82) is 0 Å². The minimum absolute atomic E-state index is 0.0633. The van der Waals surface area contributed by atoms with Crippen LogP contribution in [0.1, 0.15) is 42.3 Å². The fraction of sp³-hybridized carbons (Fsp3) is 0.320. The number of rotatable bonds is 5. The lowest BCUT2D eigenvalue weighted by atomic mass is 9.95. The Balaban J connectivity index is 1.42. The number of imidazole rings is 1. The first-order valence-electron chi connectivity index (χ1n) is 11.5. The molecule has 2 atom stereocenters. The van der Waals surface area contributed by atoms with Crippen LogP contribution in [0.15, 0.2) is 42.9 Å². The van der Waals surface area contributed by atoms with E-state index >= 15 is 4.39 Å². The Kier molecular flexibility index (Phi) is 5.35. The number of nitrogens with zero attached hydrogens (tertiary/aromatic N) is 5. The molecule has 12 heteroatoms. The molecule has 6 rings (SSSR count). The van der Waals surface area contributed by atoms with E-state index in [-0.39, 0.29) is 34.6 Å². The summed E-state index contributed by atoms with van der Waals surface area (Å²) in [5, 5.41) is 20.6. The van der Waals surface area contributed by atoms with Crippen molar-refractivity contribution in [2.24, 2.45) is 0 Å². The third-order valence-electron chi connectivity index (χ3n) is 6.74. The Morgan fingerprint density at radius 2 is 1.86 bits per heavy atom. The summed E-state index contributed by atoms with van der Waals surface area (Å²) in [5.74, 6) is -1.80. The predicted octanol–water partition coefficient (Wildman–Crippen LogP) is 3.81. The van der Waals surface area contributed by atoms with Crippen molar-refractivity contribution in [3.63, 3.8) is 0 Å². The largest absolute Gasteiger partial charge is 0.435 e. The molecule has 0 radical (unpaired) electrons. The first-order chi connectivity index (χ1) is 17.6. The van der Waals surface area contributed by atoms with E-state index in [4.69, 9.17) is 0 Å². The molecule has 1 aliphatic heterocycles. The van der Waals surface area contributed by atoms with Crippen LogP contribution in [0.3, 0.4) is 0 Å². The summed E-state index contributed by atoms with van der Waals surface area (Å²) < 4.78 is 61.5. The summed E-state index contributed by atoms with van der Waals surface area (Å²) >= 11 is 0. The zero-order valence-electron chi connectivity index (χ0n) is 19.4. The minimum atomic E-state index is -3.12. The Hall–Kier alpha value is -3.77. The number of pyridine rings is 1. The molecule has 4 heterocycles. The van der Waals surface area contributed by atoms with Gasteiger partial charge in [-0.05, 0) is 31.5 Å². The SMILES string of the molecule is CC1(O)CN(c2ncc(-c3cn4c5c(nc4cc3F)[C@@H](O)C[C@H]5c3cc(F)ccc3OC(F)F)cn2)C1. The third-order valence-corrected chi connectivity index (χ3v) is 6.74. The second kappa shape index (κ2) is 8.38. The normalized spacial score (nSPS) is 20.4. The average Bonchev–Trinajstić information content (AvgIpc) is 3.34. The van der Waals surface area contributed by atoms with Gasteiger partial charge in [0.05, 0.1) is 36.2 Å². The summed E-state index contributed by atoms with van der Waals surface area (Å²) in [6.45, 7) is -0.643. The summed E-state index contributed by atoms with van der Waals surface area (Å²) in [5.41, 5.74) is 0.731. The lowest BCUT2D eigenvalue weighted by Gasteiger charge is -2.44. The standard InChI is InChI=1S/C25H21F4N5O3/c1-25(36)10-33(11-25)24-30-7-12(8-31-24)16-9-34-20(6-17(16)27)32-21-18(35)5-15(22(21)34)14-4-13(26)2-3-19(14)37-23(28)29/h2-4,6-9,15,18,23,35-36H,5,10-11H2,1H3/t15-,18-/m0/s1. The van der Waals surface area contributed by atoms with Crippen molar-refractivity contribution < 1.29 is 32.5 Å². The number of halogens is 4. The maximum Gasteiger partial charge on any atom is 0.387 e. The Morgan fingerprint density at radius 1 is 1.14 bits per heavy atom. The Bertz CT molecular complexity index is 1500. The quantitative estimate of drug-likeness (QED) is 0.391. The summed E-state index contributed by atoms with van der Waals surface area (Å²) in [6.07, 6.45) is 3.40. The predicted molar refractivity (Wildman–Crippen MR) is 123 cm³/mol. The summed E-state index contributed by atoms with van der Waals surface area (Å²) in [4.78, 5) is 14.7. The minimum Gasteiger partial charge on any atom is -0.435 e. The van der Waals surface area contributed by atoms with Gasteiger partial charge in [-0.1, -0.05) is 0 Å². The zero-order chi connectivity index (χ0) is 26.1. The van der Waals surface area contributed by atoms with Crippen molar-refractivity contribution in [1.82, 2.24) is 19.4 Å². The van der Waals surface area contributed by atoms with Crippen molar-refractivity contribution in [2.75, 3.05) is 18.0 Å². The molecule has 1 fully saturated rings.